The summed E-state index contributed by atoms with van der Waals surface area (Å²) in [5, 5.41) is 0. The highest BCUT2D eigenvalue weighted by atomic mass is 16.5. The van der Waals surface area contributed by atoms with Gasteiger partial charge in [-0.1, -0.05) is 13.0 Å². The van der Waals surface area contributed by atoms with E-state index in [-0.39, 0.29) is 17.3 Å². The fourth-order valence-corrected chi connectivity index (χ4v) is 2.95. The first-order valence-electron chi connectivity index (χ1n) is 8.03. The fourth-order valence-electron chi connectivity index (χ4n) is 2.95. The van der Waals surface area contributed by atoms with Crippen molar-refractivity contribution >= 4 is 0 Å². The van der Waals surface area contributed by atoms with E-state index in [1.807, 2.05) is 32.9 Å². The Labute approximate surface area is 135 Å². The molecule has 0 bridgehead atoms. The van der Waals surface area contributed by atoms with Crippen LogP contribution in [0.1, 0.15) is 42.5 Å². The van der Waals surface area contributed by atoms with E-state index in [0.29, 0.717) is 23.6 Å². The molecule has 0 saturated heterocycles. The number of aromatic nitrogens is 2. The van der Waals surface area contributed by atoms with Crippen molar-refractivity contribution in [3.05, 3.63) is 55.7 Å². The third kappa shape index (κ3) is 2.83. The van der Waals surface area contributed by atoms with Crippen molar-refractivity contribution in [2.24, 2.45) is 7.05 Å². The van der Waals surface area contributed by atoms with Crippen LogP contribution in [0, 0.1) is 13.8 Å². The molecule has 1 heterocycles. The first-order chi connectivity index (χ1) is 10.9. The lowest BCUT2D eigenvalue weighted by Gasteiger charge is -2.18. The molecule has 1 fully saturated rings. The summed E-state index contributed by atoms with van der Waals surface area (Å²) in [4.78, 5) is 25.0. The van der Waals surface area contributed by atoms with Crippen LogP contribution in [0.15, 0.2) is 27.8 Å². The maximum Gasteiger partial charge on any atom is 0.333 e. The molecule has 0 N–H and O–H groups in total. The Kier molecular flexibility index (Phi) is 3.88. The third-order valence-electron chi connectivity index (χ3n) is 4.21. The highest BCUT2D eigenvalue weighted by molar-refractivity contribution is 5.37. The van der Waals surface area contributed by atoms with Gasteiger partial charge in [0.25, 0.3) is 5.56 Å². The summed E-state index contributed by atoms with van der Waals surface area (Å²) in [5.41, 5.74) is 2.16. The molecule has 0 unspecified atom stereocenters. The largest absolute Gasteiger partial charge is 0.440 e. The maximum absolute atomic E-state index is 12.5. The number of rotatable bonds is 4. The van der Waals surface area contributed by atoms with Crippen molar-refractivity contribution in [3.8, 4) is 11.6 Å². The van der Waals surface area contributed by atoms with Crippen molar-refractivity contribution in [2.75, 3.05) is 0 Å². The molecule has 0 spiro atoms. The molecular weight excluding hydrogens is 292 g/mol. The van der Waals surface area contributed by atoms with Crippen molar-refractivity contribution in [3.63, 3.8) is 0 Å². The van der Waals surface area contributed by atoms with E-state index in [1.54, 1.807) is 4.57 Å². The Morgan fingerprint density at radius 3 is 2.26 bits per heavy atom. The van der Waals surface area contributed by atoms with Crippen LogP contribution in [0.4, 0.5) is 0 Å². The standard InChI is InChI=1S/C18H22N2O3/c1-5-15-16(21)19(4)18(22)20(13-6-7-13)17(15)23-14-9-11(2)8-12(3)10-14/h8-10,13H,5-7H2,1-4H3. The van der Waals surface area contributed by atoms with Crippen LogP contribution in [-0.4, -0.2) is 9.13 Å². The minimum absolute atomic E-state index is 0.139. The number of hydrogen-bond acceptors (Lipinski definition) is 3. The Morgan fingerprint density at radius 1 is 1.13 bits per heavy atom. The predicted octanol–water partition coefficient (Wildman–Crippen LogP) is 2.85. The zero-order chi connectivity index (χ0) is 16.7. The lowest BCUT2D eigenvalue weighted by molar-refractivity contribution is 0.399. The summed E-state index contributed by atoms with van der Waals surface area (Å²) >= 11 is 0. The highest BCUT2D eigenvalue weighted by Crippen LogP contribution is 2.38. The van der Waals surface area contributed by atoms with Crippen LogP contribution in [-0.2, 0) is 13.5 Å². The molecule has 5 heteroatoms. The van der Waals surface area contributed by atoms with Crippen LogP contribution in [0.3, 0.4) is 0 Å². The number of aryl methyl sites for hydroxylation is 2. The average Bonchev–Trinajstić information content (AvgIpc) is 3.29. The van der Waals surface area contributed by atoms with Crippen molar-refractivity contribution in [1.29, 1.82) is 0 Å². The Bertz CT molecular complexity index is 853. The molecule has 3 rings (SSSR count). The third-order valence-corrected chi connectivity index (χ3v) is 4.21. The number of nitrogens with zero attached hydrogens (tertiary/aromatic N) is 2. The van der Waals surface area contributed by atoms with Crippen molar-refractivity contribution in [2.45, 2.75) is 46.1 Å². The van der Waals surface area contributed by atoms with Crippen LogP contribution < -0.4 is 16.0 Å². The van der Waals surface area contributed by atoms with E-state index in [2.05, 4.69) is 6.07 Å². The van der Waals surface area contributed by atoms with Crippen molar-refractivity contribution < 1.29 is 4.74 Å². The number of hydrogen-bond donors (Lipinski definition) is 0. The summed E-state index contributed by atoms with van der Waals surface area (Å²) in [6.45, 7) is 5.91. The summed E-state index contributed by atoms with van der Waals surface area (Å²) in [7, 11) is 1.53. The molecule has 0 aliphatic heterocycles. The summed E-state index contributed by atoms with van der Waals surface area (Å²) in [5.74, 6) is 1.08. The lowest BCUT2D eigenvalue weighted by Crippen LogP contribution is -2.40. The van der Waals surface area contributed by atoms with E-state index in [1.165, 1.54) is 11.6 Å². The molecule has 1 saturated carbocycles. The van der Waals surface area contributed by atoms with E-state index >= 15 is 0 Å². The monoisotopic (exact) mass is 314 g/mol. The molecule has 1 aliphatic rings. The molecule has 0 atom stereocenters. The number of ether oxygens (including phenoxy) is 1. The quantitative estimate of drug-likeness (QED) is 0.872. The van der Waals surface area contributed by atoms with Gasteiger partial charge in [0, 0.05) is 13.1 Å². The van der Waals surface area contributed by atoms with E-state index in [4.69, 9.17) is 4.74 Å². The fraction of sp³-hybridized carbons (Fsp3) is 0.444. The van der Waals surface area contributed by atoms with Crippen LogP contribution in [0.2, 0.25) is 0 Å². The van der Waals surface area contributed by atoms with Crippen LogP contribution in [0.5, 0.6) is 11.6 Å². The van der Waals surface area contributed by atoms with Gasteiger partial charge in [-0.05, 0) is 56.4 Å². The second-order valence-corrected chi connectivity index (χ2v) is 6.31. The molecule has 122 valence electrons. The predicted molar refractivity (Wildman–Crippen MR) is 89.6 cm³/mol. The van der Waals surface area contributed by atoms with Gasteiger partial charge in [-0.3, -0.25) is 13.9 Å². The molecule has 1 aliphatic carbocycles. The summed E-state index contributed by atoms with van der Waals surface area (Å²) < 4.78 is 8.90. The van der Waals surface area contributed by atoms with Gasteiger partial charge in [-0.15, -0.1) is 0 Å². The van der Waals surface area contributed by atoms with Crippen LogP contribution >= 0.6 is 0 Å². The molecule has 1 aromatic carbocycles. The molecule has 23 heavy (non-hydrogen) atoms. The molecule has 0 amide bonds. The normalized spacial score (nSPS) is 14.1. The summed E-state index contributed by atoms with van der Waals surface area (Å²) in [6, 6.07) is 6.04. The molecule has 0 radical (unpaired) electrons. The summed E-state index contributed by atoms with van der Waals surface area (Å²) in [6.07, 6.45) is 2.43. The molecule has 5 nitrogen and oxygen atoms in total. The van der Waals surface area contributed by atoms with E-state index < -0.39 is 0 Å². The van der Waals surface area contributed by atoms with Gasteiger partial charge in [0.05, 0.1) is 5.56 Å². The van der Waals surface area contributed by atoms with E-state index in [9.17, 15) is 9.59 Å². The van der Waals surface area contributed by atoms with Gasteiger partial charge in [-0.2, -0.15) is 0 Å². The van der Waals surface area contributed by atoms with Crippen molar-refractivity contribution in [1.82, 2.24) is 9.13 Å². The highest BCUT2D eigenvalue weighted by Gasteiger charge is 2.31. The van der Waals surface area contributed by atoms with Crippen LogP contribution in [0.25, 0.3) is 0 Å². The van der Waals surface area contributed by atoms with Gasteiger partial charge >= 0.3 is 5.69 Å². The second-order valence-electron chi connectivity index (χ2n) is 6.31. The van der Waals surface area contributed by atoms with Gasteiger partial charge in [0.2, 0.25) is 5.88 Å². The maximum atomic E-state index is 12.5. The lowest BCUT2D eigenvalue weighted by atomic mass is 10.1. The van der Waals surface area contributed by atoms with Gasteiger partial charge in [0.1, 0.15) is 5.75 Å². The molecule has 1 aromatic heterocycles. The smallest absolute Gasteiger partial charge is 0.333 e. The molecule has 2 aromatic rings. The van der Waals surface area contributed by atoms with Gasteiger partial charge in [0.15, 0.2) is 0 Å². The first kappa shape index (κ1) is 15.6. The van der Waals surface area contributed by atoms with Gasteiger partial charge in [-0.25, -0.2) is 4.79 Å². The van der Waals surface area contributed by atoms with E-state index in [0.717, 1.165) is 24.0 Å². The number of benzene rings is 1. The Balaban J connectivity index is 2.21. The minimum atomic E-state index is -0.297. The average molecular weight is 314 g/mol. The Hall–Kier alpha value is -2.30. The second kappa shape index (κ2) is 5.72. The Morgan fingerprint density at radius 2 is 1.74 bits per heavy atom. The van der Waals surface area contributed by atoms with Gasteiger partial charge < -0.3 is 4.74 Å². The zero-order valence-electron chi connectivity index (χ0n) is 14.0. The first-order valence-corrected chi connectivity index (χ1v) is 8.03. The SMILES string of the molecule is CCc1c(Oc2cc(C)cc(C)c2)n(C2CC2)c(=O)n(C)c1=O. The minimum Gasteiger partial charge on any atom is -0.440 e. The topological polar surface area (TPSA) is 53.2 Å². The zero-order valence-corrected chi connectivity index (χ0v) is 14.0. The molecular formula is C18H22N2O3.